The lowest BCUT2D eigenvalue weighted by molar-refractivity contribution is 0.490. The molecule has 1 aliphatic heterocycles. The third kappa shape index (κ3) is 3.06. The highest BCUT2D eigenvalue weighted by atomic mass is 32.2. The smallest absolute Gasteiger partial charge is 0.156 e. The summed E-state index contributed by atoms with van der Waals surface area (Å²) in [6.07, 6.45) is 6.32. The van der Waals surface area contributed by atoms with Crippen molar-refractivity contribution in [2.24, 2.45) is 10.9 Å². The van der Waals surface area contributed by atoms with Gasteiger partial charge in [-0.25, -0.2) is 0 Å². The average molecular weight is 244 g/mol. The fourth-order valence-corrected chi connectivity index (χ4v) is 3.58. The molecule has 0 bridgehead atoms. The van der Waals surface area contributed by atoms with Crippen LogP contribution < -0.4 is 5.32 Å². The van der Waals surface area contributed by atoms with E-state index in [-0.39, 0.29) is 0 Å². The van der Waals surface area contributed by atoms with E-state index in [2.05, 4.69) is 23.5 Å². The van der Waals surface area contributed by atoms with Crippen molar-refractivity contribution in [2.75, 3.05) is 18.6 Å². The number of amidine groups is 1. The van der Waals surface area contributed by atoms with Crippen LogP contribution >= 0.6 is 23.5 Å². The molecule has 4 heteroatoms. The highest BCUT2D eigenvalue weighted by molar-refractivity contribution is 8.13. The van der Waals surface area contributed by atoms with E-state index >= 15 is 0 Å². The van der Waals surface area contributed by atoms with E-state index in [1.807, 2.05) is 23.5 Å². The van der Waals surface area contributed by atoms with E-state index in [1.165, 1.54) is 30.2 Å². The second-order valence-corrected chi connectivity index (χ2v) is 6.73. The molecule has 2 fully saturated rings. The van der Waals surface area contributed by atoms with Crippen molar-refractivity contribution in [3.05, 3.63) is 0 Å². The Morgan fingerprint density at radius 3 is 3.27 bits per heavy atom. The molecule has 1 heterocycles. The van der Waals surface area contributed by atoms with Gasteiger partial charge in [-0.1, -0.05) is 25.1 Å². The summed E-state index contributed by atoms with van der Waals surface area (Å²) < 4.78 is 0. The number of hydrogen-bond donors (Lipinski definition) is 1. The minimum Gasteiger partial charge on any atom is -0.362 e. The van der Waals surface area contributed by atoms with Gasteiger partial charge in [0.2, 0.25) is 0 Å². The predicted molar refractivity (Wildman–Crippen MR) is 72.0 cm³/mol. The van der Waals surface area contributed by atoms with Gasteiger partial charge in [-0.05, 0) is 25.0 Å². The van der Waals surface area contributed by atoms with Crippen LogP contribution in [-0.2, 0) is 0 Å². The van der Waals surface area contributed by atoms with E-state index in [0.29, 0.717) is 5.25 Å². The predicted octanol–water partition coefficient (Wildman–Crippen LogP) is 2.60. The summed E-state index contributed by atoms with van der Waals surface area (Å²) in [6.45, 7) is 3.19. The standard InChI is InChI=1S/C11H20N2S2/c1-8(14-2)6-12-11-13-10-5-3-4-9(10)7-15-11/h8-10H,3-7H2,1-2H3,(H,12,13). The first-order valence-electron chi connectivity index (χ1n) is 5.76. The Bertz CT molecular complexity index is 243. The van der Waals surface area contributed by atoms with Crippen molar-refractivity contribution in [1.29, 1.82) is 0 Å². The molecule has 0 aromatic rings. The molecular formula is C11H20N2S2. The molecule has 0 amide bonds. The number of thioether (sulfide) groups is 2. The van der Waals surface area contributed by atoms with Gasteiger partial charge < -0.3 is 5.32 Å². The van der Waals surface area contributed by atoms with Crippen molar-refractivity contribution >= 4 is 28.7 Å². The molecule has 1 N–H and O–H groups in total. The monoisotopic (exact) mass is 244 g/mol. The SMILES string of the molecule is CSC(C)CN=C1NC2CCCC2CS1. The van der Waals surface area contributed by atoms with Crippen LogP contribution in [0.3, 0.4) is 0 Å². The number of fused-ring (bicyclic) bond motifs is 1. The van der Waals surface area contributed by atoms with Gasteiger partial charge in [0.25, 0.3) is 0 Å². The summed E-state index contributed by atoms with van der Waals surface area (Å²) in [5.41, 5.74) is 0. The maximum Gasteiger partial charge on any atom is 0.156 e. The Morgan fingerprint density at radius 1 is 1.60 bits per heavy atom. The van der Waals surface area contributed by atoms with Crippen LogP contribution in [0.15, 0.2) is 4.99 Å². The van der Waals surface area contributed by atoms with Gasteiger partial charge >= 0.3 is 0 Å². The molecular weight excluding hydrogens is 224 g/mol. The van der Waals surface area contributed by atoms with Gasteiger partial charge in [0.15, 0.2) is 5.17 Å². The normalized spacial score (nSPS) is 34.9. The third-order valence-electron chi connectivity index (χ3n) is 3.30. The molecule has 0 spiro atoms. The van der Waals surface area contributed by atoms with E-state index in [9.17, 15) is 0 Å². The molecule has 1 aliphatic carbocycles. The summed E-state index contributed by atoms with van der Waals surface area (Å²) in [5, 5.41) is 5.43. The second kappa shape index (κ2) is 5.48. The Labute approximate surface area is 101 Å². The number of nitrogens with one attached hydrogen (secondary N) is 1. The maximum absolute atomic E-state index is 4.66. The van der Waals surface area contributed by atoms with Gasteiger partial charge in [-0.2, -0.15) is 11.8 Å². The van der Waals surface area contributed by atoms with E-state index in [1.54, 1.807) is 0 Å². The minimum atomic E-state index is 0.640. The first kappa shape index (κ1) is 11.6. The molecule has 15 heavy (non-hydrogen) atoms. The quantitative estimate of drug-likeness (QED) is 0.826. The molecule has 2 nitrogen and oxygen atoms in total. The summed E-state index contributed by atoms with van der Waals surface area (Å²) in [5.74, 6) is 2.19. The van der Waals surface area contributed by atoms with Crippen LogP contribution in [0.4, 0.5) is 0 Å². The topological polar surface area (TPSA) is 24.4 Å². The zero-order valence-electron chi connectivity index (χ0n) is 9.53. The molecule has 86 valence electrons. The third-order valence-corrected chi connectivity index (χ3v) is 5.37. The average Bonchev–Trinajstić information content (AvgIpc) is 2.72. The van der Waals surface area contributed by atoms with Crippen LogP contribution in [0.5, 0.6) is 0 Å². The highest BCUT2D eigenvalue weighted by Gasteiger charge is 2.31. The van der Waals surface area contributed by atoms with E-state index < -0.39 is 0 Å². The summed E-state index contributed by atoms with van der Waals surface area (Å²) in [7, 11) is 0. The molecule has 0 aromatic heterocycles. The number of hydrogen-bond acceptors (Lipinski definition) is 3. The van der Waals surface area contributed by atoms with Crippen molar-refractivity contribution in [1.82, 2.24) is 5.32 Å². The Hall–Kier alpha value is 0.170. The molecule has 3 unspecified atom stereocenters. The van der Waals surface area contributed by atoms with Gasteiger partial charge in [0.05, 0.1) is 6.54 Å². The Balaban J connectivity index is 1.84. The Morgan fingerprint density at radius 2 is 2.47 bits per heavy atom. The van der Waals surface area contributed by atoms with Gasteiger partial charge in [0, 0.05) is 17.0 Å². The minimum absolute atomic E-state index is 0.640. The molecule has 0 aromatic carbocycles. The number of nitrogens with zero attached hydrogens (tertiary/aromatic N) is 1. The summed E-state index contributed by atoms with van der Waals surface area (Å²) in [4.78, 5) is 4.66. The van der Waals surface area contributed by atoms with Crippen LogP contribution in [0.2, 0.25) is 0 Å². The van der Waals surface area contributed by atoms with Crippen LogP contribution in [0.25, 0.3) is 0 Å². The van der Waals surface area contributed by atoms with Crippen molar-refractivity contribution in [3.8, 4) is 0 Å². The lowest BCUT2D eigenvalue weighted by Gasteiger charge is -2.28. The molecule has 2 rings (SSSR count). The first-order chi connectivity index (χ1) is 7.29. The highest BCUT2D eigenvalue weighted by Crippen LogP contribution is 2.32. The number of aliphatic imine (C=N–C) groups is 1. The largest absolute Gasteiger partial charge is 0.362 e. The Kier molecular flexibility index (Phi) is 4.26. The first-order valence-corrected chi connectivity index (χ1v) is 8.03. The molecule has 3 atom stereocenters. The summed E-state index contributed by atoms with van der Waals surface area (Å²) >= 11 is 3.81. The van der Waals surface area contributed by atoms with Gasteiger partial charge in [0.1, 0.15) is 0 Å². The maximum atomic E-state index is 4.66. The zero-order chi connectivity index (χ0) is 10.7. The lowest BCUT2D eigenvalue weighted by Crippen LogP contribution is -2.41. The number of rotatable bonds is 3. The fraction of sp³-hybridized carbons (Fsp3) is 0.909. The van der Waals surface area contributed by atoms with Crippen LogP contribution in [-0.4, -0.2) is 35.0 Å². The van der Waals surface area contributed by atoms with E-state index in [4.69, 9.17) is 0 Å². The van der Waals surface area contributed by atoms with Gasteiger partial charge in [-0.15, -0.1) is 0 Å². The molecule has 1 saturated heterocycles. The molecule has 0 radical (unpaired) electrons. The van der Waals surface area contributed by atoms with E-state index in [0.717, 1.165) is 18.5 Å². The lowest BCUT2D eigenvalue weighted by atomic mass is 10.1. The van der Waals surface area contributed by atoms with Gasteiger partial charge in [-0.3, -0.25) is 4.99 Å². The fourth-order valence-electron chi connectivity index (χ4n) is 2.19. The zero-order valence-corrected chi connectivity index (χ0v) is 11.2. The van der Waals surface area contributed by atoms with Crippen LogP contribution in [0.1, 0.15) is 26.2 Å². The molecule has 1 saturated carbocycles. The van der Waals surface area contributed by atoms with Crippen LogP contribution in [0, 0.1) is 5.92 Å². The molecule has 2 aliphatic rings. The second-order valence-electron chi connectivity index (χ2n) is 4.44. The van der Waals surface area contributed by atoms with Crippen molar-refractivity contribution < 1.29 is 0 Å². The summed E-state index contributed by atoms with van der Waals surface area (Å²) in [6, 6.07) is 0.731. The van der Waals surface area contributed by atoms with Crippen molar-refractivity contribution in [2.45, 2.75) is 37.5 Å². The van der Waals surface area contributed by atoms with Crippen molar-refractivity contribution in [3.63, 3.8) is 0 Å².